The lowest BCUT2D eigenvalue weighted by molar-refractivity contribution is 0.0925. The molecule has 1 aliphatic heterocycles. The highest BCUT2D eigenvalue weighted by Crippen LogP contribution is 2.31. The van der Waals surface area contributed by atoms with E-state index in [4.69, 9.17) is 4.74 Å². The number of ether oxygens (including phenoxy) is 1. The van der Waals surface area contributed by atoms with E-state index in [9.17, 15) is 4.79 Å². The number of para-hydroxylation sites is 1. The van der Waals surface area contributed by atoms with Gasteiger partial charge in [-0.15, -0.1) is 0 Å². The van der Waals surface area contributed by atoms with Gasteiger partial charge in [-0.3, -0.25) is 4.79 Å². The molecule has 4 heteroatoms. The number of hydrogen-bond acceptors (Lipinski definition) is 3. The van der Waals surface area contributed by atoms with Gasteiger partial charge in [0.25, 0.3) is 5.91 Å². The van der Waals surface area contributed by atoms with Crippen molar-refractivity contribution in [3.8, 4) is 5.75 Å². The fraction of sp³-hybridized carbons (Fsp3) is 0.381. The summed E-state index contributed by atoms with van der Waals surface area (Å²) in [4.78, 5) is 14.8. The van der Waals surface area contributed by atoms with Crippen LogP contribution in [-0.2, 0) is 0 Å². The Morgan fingerprint density at radius 2 is 1.92 bits per heavy atom. The van der Waals surface area contributed by atoms with Crippen molar-refractivity contribution < 1.29 is 9.53 Å². The number of benzene rings is 2. The third kappa shape index (κ3) is 4.13. The zero-order valence-corrected chi connectivity index (χ0v) is 15.2. The van der Waals surface area contributed by atoms with E-state index < -0.39 is 0 Å². The topological polar surface area (TPSA) is 41.6 Å². The number of nitrogens with zero attached hydrogens (tertiary/aromatic N) is 1. The number of carbonyl (C=O) groups excluding carboxylic acids is 1. The molecule has 1 amide bonds. The van der Waals surface area contributed by atoms with Crippen LogP contribution >= 0.6 is 0 Å². The lowest BCUT2D eigenvalue weighted by Crippen LogP contribution is -2.32. The number of fused-ring (bicyclic) bond motifs is 1. The van der Waals surface area contributed by atoms with Crippen LogP contribution < -0.4 is 15.0 Å². The monoisotopic (exact) mass is 338 g/mol. The Morgan fingerprint density at radius 1 is 1.20 bits per heavy atom. The maximum Gasteiger partial charge on any atom is 0.251 e. The Labute approximate surface area is 149 Å². The molecule has 0 bridgehead atoms. The third-order valence-electron chi connectivity index (χ3n) is 4.47. The average Bonchev–Trinajstić information content (AvgIpc) is 2.61. The van der Waals surface area contributed by atoms with E-state index in [2.05, 4.69) is 31.1 Å². The van der Waals surface area contributed by atoms with Crippen molar-refractivity contribution in [3.05, 3.63) is 59.7 Å². The molecule has 2 aromatic rings. The summed E-state index contributed by atoms with van der Waals surface area (Å²) in [7, 11) is 2.08. The molecule has 0 saturated carbocycles. The molecule has 1 heterocycles. The minimum absolute atomic E-state index is 0.000686. The molecule has 0 aliphatic carbocycles. The molecule has 1 atom stereocenters. The summed E-state index contributed by atoms with van der Waals surface area (Å²) in [6, 6.07) is 15.7. The second kappa shape index (κ2) is 7.60. The van der Waals surface area contributed by atoms with E-state index in [1.54, 1.807) is 0 Å². The molecule has 1 N–H and O–H groups in total. The van der Waals surface area contributed by atoms with Crippen molar-refractivity contribution in [2.24, 2.45) is 5.92 Å². The van der Waals surface area contributed by atoms with Crippen molar-refractivity contribution in [1.29, 1.82) is 0 Å². The molecular formula is C21H26N2O2. The summed E-state index contributed by atoms with van der Waals surface area (Å²) in [5.41, 5.74) is 2.86. The molecule has 0 radical (unpaired) electrons. The average molecular weight is 338 g/mol. The van der Waals surface area contributed by atoms with Gasteiger partial charge < -0.3 is 15.0 Å². The summed E-state index contributed by atoms with van der Waals surface area (Å²) in [6.45, 7) is 6.01. The van der Waals surface area contributed by atoms with E-state index in [1.165, 1.54) is 0 Å². The predicted octanol–water partition coefficient (Wildman–Crippen LogP) is 4.03. The zero-order valence-electron chi connectivity index (χ0n) is 15.2. The minimum atomic E-state index is -0.0419. The fourth-order valence-electron chi connectivity index (χ4n) is 3.25. The Morgan fingerprint density at radius 3 is 2.64 bits per heavy atom. The smallest absolute Gasteiger partial charge is 0.251 e. The number of amides is 1. The first-order valence-corrected chi connectivity index (χ1v) is 8.88. The molecule has 2 aromatic carbocycles. The maximum absolute atomic E-state index is 12.6. The zero-order chi connectivity index (χ0) is 17.8. The van der Waals surface area contributed by atoms with Gasteiger partial charge in [0.15, 0.2) is 0 Å². The van der Waals surface area contributed by atoms with Crippen molar-refractivity contribution in [2.75, 3.05) is 25.1 Å². The lowest BCUT2D eigenvalue weighted by Gasteiger charge is -2.26. The van der Waals surface area contributed by atoms with E-state index in [0.29, 0.717) is 18.1 Å². The number of nitrogens with one attached hydrogen (secondary N) is 1. The van der Waals surface area contributed by atoms with Crippen LogP contribution in [0, 0.1) is 5.92 Å². The molecule has 0 unspecified atom stereocenters. The summed E-state index contributed by atoms with van der Waals surface area (Å²) < 4.78 is 5.66. The summed E-state index contributed by atoms with van der Waals surface area (Å²) in [5, 5.41) is 3.14. The fourth-order valence-corrected chi connectivity index (χ4v) is 3.25. The Kier molecular flexibility index (Phi) is 5.27. The first-order chi connectivity index (χ1) is 12.0. The van der Waals surface area contributed by atoms with Gasteiger partial charge >= 0.3 is 0 Å². The molecule has 0 saturated heterocycles. The van der Waals surface area contributed by atoms with Crippen LogP contribution in [0.15, 0.2) is 48.5 Å². The Balaban J connectivity index is 1.68. The van der Waals surface area contributed by atoms with Crippen LogP contribution in [0.1, 0.15) is 42.2 Å². The van der Waals surface area contributed by atoms with Crippen molar-refractivity contribution in [1.82, 2.24) is 5.32 Å². The first kappa shape index (κ1) is 17.3. The number of carbonyl (C=O) groups is 1. The standard InChI is InChI=1S/C21H26N2O2/c1-15(2)14-23(3)17-10-8-16(9-11-17)21(24)22-19-12-13-25-20-7-5-4-6-18(19)20/h4-11,15,19H,12-14H2,1-3H3,(H,22,24)/t19-/m1/s1. The van der Waals surface area contributed by atoms with E-state index in [1.807, 2.05) is 48.5 Å². The van der Waals surface area contributed by atoms with Crippen molar-refractivity contribution in [3.63, 3.8) is 0 Å². The second-order valence-corrected chi connectivity index (χ2v) is 7.02. The van der Waals surface area contributed by atoms with Gasteiger partial charge in [-0.25, -0.2) is 0 Å². The van der Waals surface area contributed by atoms with E-state index >= 15 is 0 Å². The molecule has 132 valence electrons. The highest BCUT2D eigenvalue weighted by atomic mass is 16.5. The molecule has 0 fully saturated rings. The predicted molar refractivity (Wildman–Crippen MR) is 101 cm³/mol. The molecular weight excluding hydrogens is 312 g/mol. The van der Waals surface area contributed by atoms with Gasteiger partial charge in [0.05, 0.1) is 12.6 Å². The Hall–Kier alpha value is -2.49. The molecule has 4 nitrogen and oxygen atoms in total. The summed E-state index contributed by atoms with van der Waals surface area (Å²) in [5.74, 6) is 1.42. The van der Waals surface area contributed by atoms with Gasteiger partial charge in [-0.05, 0) is 36.2 Å². The molecule has 1 aliphatic rings. The van der Waals surface area contributed by atoms with E-state index in [0.717, 1.165) is 30.0 Å². The van der Waals surface area contributed by atoms with Gasteiger partial charge in [-0.2, -0.15) is 0 Å². The summed E-state index contributed by atoms with van der Waals surface area (Å²) in [6.07, 6.45) is 0.790. The van der Waals surface area contributed by atoms with Crippen LogP contribution in [0.25, 0.3) is 0 Å². The van der Waals surface area contributed by atoms with Crippen molar-refractivity contribution >= 4 is 11.6 Å². The maximum atomic E-state index is 12.6. The van der Waals surface area contributed by atoms with Gasteiger partial charge in [-0.1, -0.05) is 32.0 Å². The SMILES string of the molecule is CC(C)CN(C)c1ccc(C(=O)N[C@@H]2CCOc3ccccc32)cc1. The van der Waals surface area contributed by atoms with Gasteiger partial charge in [0.1, 0.15) is 5.75 Å². The molecule has 0 aromatic heterocycles. The highest BCUT2D eigenvalue weighted by Gasteiger charge is 2.23. The van der Waals surface area contributed by atoms with Crippen molar-refractivity contribution in [2.45, 2.75) is 26.3 Å². The van der Waals surface area contributed by atoms with Crippen LogP contribution in [-0.4, -0.2) is 26.1 Å². The van der Waals surface area contributed by atoms with Gasteiger partial charge in [0, 0.05) is 36.8 Å². The quantitative estimate of drug-likeness (QED) is 0.895. The molecule has 25 heavy (non-hydrogen) atoms. The summed E-state index contributed by atoms with van der Waals surface area (Å²) >= 11 is 0. The van der Waals surface area contributed by atoms with Crippen LogP contribution in [0.4, 0.5) is 5.69 Å². The van der Waals surface area contributed by atoms with Crippen LogP contribution in [0.5, 0.6) is 5.75 Å². The van der Waals surface area contributed by atoms with E-state index in [-0.39, 0.29) is 11.9 Å². The number of rotatable bonds is 5. The van der Waals surface area contributed by atoms with Crippen LogP contribution in [0.2, 0.25) is 0 Å². The molecule has 0 spiro atoms. The van der Waals surface area contributed by atoms with Crippen LogP contribution in [0.3, 0.4) is 0 Å². The van der Waals surface area contributed by atoms with Gasteiger partial charge in [0.2, 0.25) is 0 Å². The first-order valence-electron chi connectivity index (χ1n) is 8.88. The number of anilines is 1. The Bertz CT molecular complexity index is 725. The lowest BCUT2D eigenvalue weighted by atomic mass is 10.00. The minimum Gasteiger partial charge on any atom is -0.493 e. The number of hydrogen-bond donors (Lipinski definition) is 1. The normalized spacial score (nSPS) is 16.1. The largest absolute Gasteiger partial charge is 0.493 e. The second-order valence-electron chi connectivity index (χ2n) is 7.02. The highest BCUT2D eigenvalue weighted by molar-refractivity contribution is 5.94. The molecule has 3 rings (SSSR count). The third-order valence-corrected chi connectivity index (χ3v) is 4.47.